The summed E-state index contributed by atoms with van der Waals surface area (Å²) in [7, 11) is 20.8. The second kappa shape index (κ2) is 29.7. The zero-order valence-corrected chi connectivity index (χ0v) is 32.8. The fourth-order valence-electron chi connectivity index (χ4n) is 4.07. The van der Waals surface area contributed by atoms with E-state index in [2.05, 4.69) is 32.7 Å². The van der Waals surface area contributed by atoms with Crippen LogP contribution >= 0.6 is 0 Å². The molecule has 0 saturated carbocycles. The number of methoxy groups -OCH3 is 1. The summed E-state index contributed by atoms with van der Waals surface area (Å²) >= 11 is 0. The fraction of sp³-hybridized carbons (Fsp3) is 0.222. The number of anilines is 2. The van der Waals surface area contributed by atoms with Crippen LogP contribution in [0.25, 0.3) is 12.2 Å². The van der Waals surface area contributed by atoms with Gasteiger partial charge in [-0.25, -0.2) is 4.79 Å². The Morgan fingerprint density at radius 3 is 1.61 bits per heavy atom. The number of hydrogen-bond donors (Lipinski definition) is 3. The Bertz CT molecular complexity index is 1740. The maximum Gasteiger partial charge on any atom is 0.411 e. The van der Waals surface area contributed by atoms with Gasteiger partial charge in [-0.1, -0.05) is 37.2 Å². The van der Waals surface area contributed by atoms with Gasteiger partial charge >= 0.3 is 6.09 Å². The number of phenols is 1. The van der Waals surface area contributed by atoms with E-state index in [1.54, 1.807) is 79.9 Å². The van der Waals surface area contributed by atoms with Crippen molar-refractivity contribution in [1.29, 1.82) is 0 Å². The van der Waals surface area contributed by atoms with Crippen LogP contribution in [-0.4, -0.2) is 107 Å². The molecule has 0 bridgehead atoms. The molecule has 0 spiro atoms. The van der Waals surface area contributed by atoms with Crippen molar-refractivity contribution in [3.63, 3.8) is 0 Å². The van der Waals surface area contributed by atoms with Gasteiger partial charge < -0.3 is 38.8 Å². The number of aromatic hydroxyl groups is 1. The molecule has 289 valence electrons. The number of ether oxygens (including phenoxy) is 6. The van der Waals surface area contributed by atoms with Gasteiger partial charge in [0.2, 0.25) is 47.6 Å². The number of rotatable bonds is 18. The first-order chi connectivity index (χ1) is 26.4. The maximum atomic E-state index is 12.1. The molecule has 0 fully saturated rings. The topological polar surface area (TPSA) is 202 Å². The average Bonchev–Trinajstić information content (AvgIpc) is 3.16. The third-order valence-electron chi connectivity index (χ3n) is 6.38. The molecule has 3 rings (SSSR count). The number of amides is 2. The summed E-state index contributed by atoms with van der Waals surface area (Å²) in [6.07, 6.45) is 3.18. The third kappa shape index (κ3) is 22.6. The molecular formula is C36H36B4IrN2O13. The minimum Gasteiger partial charge on any atom is -0.508 e. The van der Waals surface area contributed by atoms with Crippen LogP contribution in [0, 0.1) is 0 Å². The van der Waals surface area contributed by atoms with Crippen molar-refractivity contribution < 1.29 is 82.4 Å². The largest absolute Gasteiger partial charge is 0.508 e. The summed E-state index contributed by atoms with van der Waals surface area (Å²) in [5.74, 6) is -2.81. The Labute approximate surface area is 342 Å². The van der Waals surface area contributed by atoms with E-state index in [1.165, 1.54) is 12.9 Å². The first kappa shape index (κ1) is 50.4. The molecule has 3 N–H and O–H groups in total. The first-order valence-electron chi connectivity index (χ1n) is 15.8. The second-order valence-electron chi connectivity index (χ2n) is 10.4. The first-order valence-corrected chi connectivity index (χ1v) is 15.8. The van der Waals surface area contributed by atoms with Gasteiger partial charge in [0.15, 0.2) is 0 Å². The SMILES string of the molecule is [B]C.[B]C(=O)OC/C(=C/c1ccc(NC(=O)OCc2cc(COC)ccc2O)cc1)COC=O.[B]C(=O)OCC(=Cc1ccc(NC=O)cc1)COC([B])=O.[Ir]. The molecule has 0 heterocycles. The van der Waals surface area contributed by atoms with Gasteiger partial charge in [0, 0.05) is 55.3 Å². The van der Waals surface area contributed by atoms with Gasteiger partial charge in [-0.3, -0.25) is 29.3 Å². The van der Waals surface area contributed by atoms with Crippen molar-refractivity contribution in [2.24, 2.45) is 0 Å². The molecule has 3 aromatic rings. The molecule has 15 nitrogen and oxygen atoms in total. The Morgan fingerprint density at radius 2 is 1.16 bits per heavy atom. The van der Waals surface area contributed by atoms with Crippen molar-refractivity contribution >= 4 is 91.5 Å². The number of phenolic OH excluding ortho intramolecular Hbond substituents is 1. The van der Waals surface area contributed by atoms with Crippen molar-refractivity contribution in [1.82, 2.24) is 0 Å². The third-order valence-corrected chi connectivity index (χ3v) is 6.38. The van der Waals surface area contributed by atoms with E-state index in [-0.39, 0.29) is 65.4 Å². The molecule has 0 atom stereocenters. The normalized spacial score (nSPS) is 9.79. The molecule has 56 heavy (non-hydrogen) atoms. The second-order valence-corrected chi connectivity index (χ2v) is 10.4. The summed E-state index contributed by atoms with van der Waals surface area (Å²) in [5.41, 5.74) is 4.86. The summed E-state index contributed by atoms with van der Waals surface area (Å²) in [6, 6.07) is 18.4. The van der Waals surface area contributed by atoms with Crippen LogP contribution in [0.1, 0.15) is 22.3 Å². The molecule has 3 aromatic carbocycles. The van der Waals surface area contributed by atoms with E-state index in [1.807, 2.05) is 0 Å². The standard InChI is InChI=1S/C22H22BNO8.C13H11B2NO5.CH3B.Ir/c1-29-10-16-4-7-20(26)18(9-16)13-32-22(28)24-19-5-2-15(3-6-19)8-17(11-30-14-25)12-31-21(23)27;14-12(18)20-6-10(7-21-13(15)19)5-9-1-3-11(4-2-9)16-8-17;1-2;/h2-9,14,26H,10-13H2,1H3,(H,24,28);1-5,8H,6-7H2,(H,16,17);1H3;/b17-8+;;;. The number of carbonyl (C=O) groups is 6. The van der Waals surface area contributed by atoms with Crippen LogP contribution in [0.4, 0.5) is 30.6 Å². The van der Waals surface area contributed by atoms with Crippen LogP contribution in [-0.2, 0) is 71.3 Å². The minimum atomic E-state index is -0.946. The zero-order valence-electron chi connectivity index (χ0n) is 30.4. The summed E-state index contributed by atoms with van der Waals surface area (Å²) < 4.78 is 28.9. The van der Waals surface area contributed by atoms with Crippen LogP contribution < -0.4 is 10.6 Å². The van der Waals surface area contributed by atoms with Crippen LogP contribution in [0.2, 0.25) is 6.82 Å². The van der Waals surface area contributed by atoms with Gasteiger partial charge in [0.1, 0.15) is 38.8 Å². The minimum absolute atomic E-state index is 0. The van der Waals surface area contributed by atoms with Gasteiger partial charge in [-0.05, 0) is 65.2 Å². The quantitative estimate of drug-likeness (QED) is 0.0909. The Morgan fingerprint density at radius 1 is 0.679 bits per heavy atom. The molecule has 0 unspecified atom stereocenters. The molecule has 0 aliphatic heterocycles. The van der Waals surface area contributed by atoms with Crippen molar-refractivity contribution in [2.75, 3.05) is 44.2 Å². The van der Waals surface area contributed by atoms with Crippen LogP contribution in [0.5, 0.6) is 5.75 Å². The summed E-state index contributed by atoms with van der Waals surface area (Å²) in [5, 5.41) is 15.0. The van der Waals surface area contributed by atoms with E-state index in [4.69, 9.17) is 37.7 Å². The molecule has 9 radical (unpaired) electrons. The summed E-state index contributed by atoms with van der Waals surface area (Å²) in [6.45, 7) is 1.58. The number of benzene rings is 3. The van der Waals surface area contributed by atoms with Crippen molar-refractivity contribution in [3.05, 3.63) is 100 Å². The Balaban J connectivity index is 0.00000110. The molecule has 0 aliphatic rings. The van der Waals surface area contributed by atoms with Gasteiger partial charge in [-0.15, -0.1) is 0 Å². The van der Waals surface area contributed by atoms with Gasteiger partial charge in [0.25, 0.3) is 6.47 Å². The maximum absolute atomic E-state index is 12.1. The predicted molar refractivity (Wildman–Crippen MR) is 206 cm³/mol. The Kier molecular flexibility index (Phi) is 26.8. The van der Waals surface area contributed by atoms with Gasteiger partial charge in [-0.2, -0.15) is 0 Å². The van der Waals surface area contributed by atoms with E-state index in [0.29, 0.717) is 46.7 Å². The smallest absolute Gasteiger partial charge is 0.411 e. The Hall–Kier alpha value is -5.57. The molecule has 0 aliphatic carbocycles. The van der Waals surface area contributed by atoms with Crippen molar-refractivity contribution in [3.8, 4) is 5.75 Å². The number of hydrogen-bond acceptors (Lipinski definition) is 13. The predicted octanol–water partition coefficient (Wildman–Crippen LogP) is 4.60. The van der Waals surface area contributed by atoms with E-state index in [0.717, 1.165) is 11.1 Å². The number of nitrogens with one attached hydrogen (secondary N) is 2. The summed E-state index contributed by atoms with van der Waals surface area (Å²) in [4.78, 5) is 64.8. The molecule has 0 aromatic heterocycles. The van der Waals surface area contributed by atoms with Gasteiger partial charge in [0.05, 0.1) is 14.5 Å². The fourth-order valence-corrected chi connectivity index (χ4v) is 4.07. The zero-order chi connectivity index (χ0) is 41.0. The number of carbonyl (C=O) groups excluding carboxylic acids is 6. The molecule has 2 amide bonds. The molecular weight excluding hydrogens is 904 g/mol. The van der Waals surface area contributed by atoms with Crippen LogP contribution in [0.15, 0.2) is 77.9 Å². The van der Waals surface area contributed by atoms with E-state index >= 15 is 0 Å². The van der Waals surface area contributed by atoms with E-state index in [9.17, 15) is 33.9 Å². The molecule has 0 saturated heterocycles. The molecule has 20 heteroatoms. The van der Waals surface area contributed by atoms with Crippen molar-refractivity contribution in [2.45, 2.75) is 20.0 Å². The monoisotopic (exact) mass is 941 g/mol. The average molecular weight is 940 g/mol. The van der Waals surface area contributed by atoms with Crippen LogP contribution in [0.3, 0.4) is 0 Å². The van der Waals surface area contributed by atoms with E-state index < -0.39 is 23.7 Å².